The van der Waals surface area contributed by atoms with E-state index in [0.29, 0.717) is 23.0 Å². The highest BCUT2D eigenvalue weighted by Crippen LogP contribution is 2.24. The molecule has 0 radical (unpaired) electrons. The molecule has 6 nitrogen and oxygen atoms in total. The molecule has 0 unspecified atom stereocenters. The summed E-state index contributed by atoms with van der Waals surface area (Å²) in [5, 5.41) is 6.76. The SMILES string of the molecule is Cc1oc(-c2ccsc2)nc1CC(=O)Nc1ccc(N(C)C)nc1. The Morgan fingerprint density at radius 1 is 1.33 bits per heavy atom. The Balaban J connectivity index is 1.66. The molecule has 0 saturated carbocycles. The number of nitrogens with zero attached hydrogens (tertiary/aromatic N) is 3. The summed E-state index contributed by atoms with van der Waals surface area (Å²) in [6, 6.07) is 5.62. The van der Waals surface area contributed by atoms with Crippen LogP contribution >= 0.6 is 11.3 Å². The van der Waals surface area contributed by atoms with Crippen molar-refractivity contribution in [1.82, 2.24) is 9.97 Å². The average Bonchev–Trinajstić information content (AvgIpc) is 3.18. The summed E-state index contributed by atoms with van der Waals surface area (Å²) in [7, 11) is 3.83. The molecule has 3 aromatic rings. The minimum atomic E-state index is -0.150. The van der Waals surface area contributed by atoms with Crippen molar-refractivity contribution in [3.05, 3.63) is 46.6 Å². The first-order valence-electron chi connectivity index (χ1n) is 7.45. The van der Waals surface area contributed by atoms with Crippen molar-refractivity contribution in [2.45, 2.75) is 13.3 Å². The normalized spacial score (nSPS) is 10.6. The molecular formula is C17H18N4O2S. The second-order valence-corrected chi connectivity index (χ2v) is 6.34. The lowest BCUT2D eigenvalue weighted by atomic mass is 10.2. The maximum absolute atomic E-state index is 12.2. The maximum atomic E-state index is 12.2. The third kappa shape index (κ3) is 3.62. The summed E-state index contributed by atoms with van der Waals surface area (Å²) in [4.78, 5) is 22.8. The molecule has 3 aromatic heterocycles. The highest BCUT2D eigenvalue weighted by Gasteiger charge is 2.15. The Morgan fingerprint density at radius 2 is 2.17 bits per heavy atom. The van der Waals surface area contributed by atoms with Gasteiger partial charge in [-0.1, -0.05) is 0 Å². The number of hydrogen-bond acceptors (Lipinski definition) is 6. The summed E-state index contributed by atoms with van der Waals surface area (Å²) in [6.45, 7) is 1.82. The van der Waals surface area contributed by atoms with Gasteiger partial charge in [-0.25, -0.2) is 9.97 Å². The van der Waals surface area contributed by atoms with Crippen molar-refractivity contribution in [2.24, 2.45) is 0 Å². The van der Waals surface area contributed by atoms with Crippen molar-refractivity contribution in [3.8, 4) is 11.5 Å². The first-order valence-corrected chi connectivity index (χ1v) is 8.39. The highest BCUT2D eigenvalue weighted by atomic mass is 32.1. The molecule has 3 heterocycles. The lowest BCUT2D eigenvalue weighted by Gasteiger charge is -2.11. The summed E-state index contributed by atoms with van der Waals surface area (Å²) in [6.07, 6.45) is 1.80. The fourth-order valence-corrected chi connectivity index (χ4v) is 2.81. The summed E-state index contributed by atoms with van der Waals surface area (Å²) >= 11 is 1.58. The van der Waals surface area contributed by atoms with E-state index >= 15 is 0 Å². The molecule has 24 heavy (non-hydrogen) atoms. The summed E-state index contributed by atoms with van der Waals surface area (Å²) < 4.78 is 5.65. The standard InChI is InChI=1S/C17H18N4O2S/c1-11-14(20-17(23-11)12-6-7-24-10-12)8-16(22)19-13-4-5-15(18-9-13)21(2)3/h4-7,9-10H,8H2,1-3H3,(H,19,22). The van der Waals surface area contributed by atoms with E-state index in [4.69, 9.17) is 4.42 Å². The molecule has 1 N–H and O–H groups in total. The Labute approximate surface area is 144 Å². The van der Waals surface area contributed by atoms with Gasteiger partial charge in [-0.15, -0.1) is 0 Å². The van der Waals surface area contributed by atoms with Crippen LogP contribution in [0.4, 0.5) is 11.5 Å². The summed E-state index contributed by atoms with van der Waals surface area (Å²) in [5.41, 5.74) is 2.23. The Morgan fingerprint density at radius 3 is 2.79 bits per heavy atom. The molecule has 0 aliphatic carbocycles. The molecule has 0 aliphatic heterocycles. The van der Waals surface area contributed by atoms with Crippen LogP contribution < -0.4 is 10.2 Å². The molecule has 0 fully saturated rings. The molecule has 0 atom stereocenters. The van der Waals surface area contributed by atoms with Crippen molar-refractivity contribution in [1.29, 1.82) is 0 Å². The zero-order valence-corrected chi connectivity index (χ0v) is 14.6. The number of anilines is 2. The predicted molar refractivity (Wildman–Crippen MR) is 95.5 cm³/mol. The quantitative estimate of drug-likeness (QED) is 0.770. The fraction of sp³-hybridized carbons (Fsp3) is 0.235. The second-order valence-electron chi connectivity index (χ2n) is 5.56. The molecule has 0 aromatic carbocycles. The first kappa shape index (κ1) is 16.2. The number of hydrogen-bond donors (Lipinski definition) is 1. The van der Waals surface area contributed by atoms with Gasteiger partial charge >= 0.3 is 0 Å². The number of amides is 1. The Bertz CT molecular complexity index is 823. The number of nitrogens with one attached hydrogen (secondary N) is 1. The Kier molecular flexibility index (Phi) is 4.61. The van der Waals surface area contributed by atoms with Crippen LogP contribution in [0.15, 0.2) is 39.6 Å². The monoisotopic (exact) mass is 342 g/mol. The molecule has 0 saturated heterocycles. The van der Waals surface area contributed by atoms with Gasteiger partial charge in [0, 0.05) is 25.0 Å². The highest BCUT2D eigenvalue weighted by molar-refractivity contribution is 7.08. The van der Waals surface area contributed by atoms with Crippen LogP contribution in [0.5, 0.6) is 0 Å². The van der Waals surface area contributed by atoms with E-state index in [9.17, 15) is 4.79 Å². The number of rotatable bonds is 5. The van der Waals surface area contributed by atoms with Crippen molar-refractivity contribution in [3.63, 3.8) is 0 Å². The number of thiophene rings is 1. The van der Waals surface area contributed by atoms with Gasteiger partial charge < -0.3 is 14.6 Å². The number of carbonyl (C=O) groups excluding carboxylic acids is 1. The molecule has 0 spiro atoms. The van der Waals surface area contributed by atoms with Crippen LogP contribution in [0, 0.1) is 6.92 Å². The number of aromatic nitrogens is 2. The van der Waals surface area contributed by atoms with Gasteiger partial charge in [0.1, 0.15) is 11.6 Å². The second kappa shape index (κ2) is 6.84. The van der Waals surface area contributed by atoms with E-state index in [1.807, 2.05) is 54.9 Å². The van der Waals surface area contributed by atoms with Crippen LogP contribution in [0.2, 0.25) is 0 Å². The molecule has 7 heteroatoms. The van der Waals surface area contributed by atoms with Crippen molar-refractivity contribution in [2.75, 3.05) is 24.3 Å². The number of aryl methyl sites for hydroxylation is 1. The molecule has 0 bridgehead atoms. The molecular weight excluding hydrogens is 324 g/mol. The van der Waals surface area contributed by atoms with Crippen LogP contribution in [0.3, 0.4) is 0 Å². The molecule has 0 aliphatic rings. The van der Waals surface area contributed by atoms with Gasteiger partial charge in [-0.05, 0) is 30.5 Å². The zero-order valence-electron chi connectivity index (χ0n) is 13.7. The van der Waals surface area contributed by atoms with Crippen LogP contribution in [0.1, 0.15) is 11.5 Å². The number of pyridine rings is 1. The van der Waals surface area contributed by atoms with E-state index in [0.717, 1.165) is 11.4 Å². The van der Waals surface area contributed by atoms with Gasteiger partial charge in [0.05, 0.1) is 24.0 Å². The van der Waals surface area contributed by atoms with Gasteiger partial charge in [0.15, 0.2) is 0 Å². The van der Waals surface area contributed by atoms with Crippen molar-refractivity contribution >= 4 is 28.7 Å². The molecule has 124 valence electrons. The van der Waals surface area contributed by atoms with Crippen LogP contribution in [-0.2, 0) is 11.2 Å². The van der Waals surface area contributed by atoms with Gasteiger partial charge in [0.2, 0.25) is 11.8 Å². The van der Waals surface area contributed by atoms with Gasteiger partial charge in [0.25, 0.3) is 0 Å². The first-order chi connectivity index (χ1) is 11.5. The van der Waals surface area contributed by atoms with E-state index in [2.05, 4.69) is 15.3 Å². The van der Waals surface area contributed by atoms with E-state index in [1.165, 1.54) is 0 Å². The minimum absolute atomic E-state index is 0.150. The van der Waals surface area contributed by atoms with E-state index in [-0.39, 0.29) is 12.3 Å². The number of carbonyl (C=O) groups is 1. The average molecular weight is 342 g/mol. The lowest BCUT2D eigenvalue weighted by molar-refractivity contribution is -0.115. The molecule has 1 amide bonds. The third-order valence-electron chi connectivity index (χ3n) is 3.48. The minimum Gasteiger partial charge on any atom is -0.441 e. The van der Waals surface area contributed by atoms with Gasteiger partial charge in [-0.3, -0.25) is 4.79 Å². The van der Waals surface area contributed by atoms with Crippen molar-refractivity contribution < 1.29 is 9.21 Å². The zero-order chi connectivity index (χ0) is 17.1. The smallest absolute Gasteiger partial charge is 0.230 e. The topological polar surface area (TPSA) is 71.3 Å². The van der Waals surface area contributed by atoms with E-state index < -0.39 is 0 Å². The predicted octanol–water partition coefficient (Wildman–Crippen LogP) is 3.35. The third-order valence-corrected chi connectivity index (χ3v) is 4.16. The molecule has 3 rings (SSSR count). The van der Waals surface area contributed by atoms with Crippen LogP contribution in [0.25, 0.3) is 11.5 Å². The lowest BCUT2D eigenvalue weighted by Crippen LogP contribution is -2.16. The van der Waals surface area contributed by atoms with Gasteiger partial charge in [-0.2, -0.15) is 11.3 Å². The largest absolute Gasteiger partial charge is 0.441 e. The maximum Gasteiger partial charge on any atom is 0.230 e. The fourth-order valence-electron chi connectivity index (χ4n) is 2.18. The van der Waals surface area contributed by atoms with E-state index in [1.54, 1.807) is 17.5 Å². The Hall–Kier alpha value is -2.67. The van der Waals surface area contributed by atoms with Crippen LogP contribution in [-0.4, -0.2) is 30.0 Å². The number of oxazole rings is 1. The summed E-state index contributed by atoms with van der Waals surface area (Å²) in [5.74, 6) is 1.89.